The van der Waals surface area contributed by atoms with Gasteiger partial charge in [-0.2, -0.15) is 11.8 Å². The van der Waals surface area contributed by atoms with Crippen molar-refractivity contribution in [2.75, 3.05) is 18.1 Å². The van der Waals surface area contributed by atoms with Gasteiger partial charge in [0.15, 0.2) is 0 Å². The SMILES string of the molecule is CCCc1ccc(C(C)NCC2CCSCC2)cc1. The molecule has 0 radical (unpaired) electrons. The highest BCUT2D eigenvalue weighted by molar-refractivity contribution is 7.99. The van der Waals surface area contributed by atoms with Crippen molar-refractivity contribution >= 4 is 11.8 Å². The van der Waals surface area contributed by atoms with Crippen LogP contribution in [0.1, 0.15) is 50.3 Å². The second-order valence-electron chi connectivity index (χ2n) is 5.68. The Morgan fingerprint density at radius 2 is 1.89 bits per heavy atom. The molecule has 1 atom stereocenters. The van der Waals surface area contributed by atoms with Gasteiger partial charge in [0.25, 0.3) is 0 Å². The van der Waals surface area contributed by atoms with E-state index in [0.29, 0.717) is 6.04 Å². The fourth-order valence-electron chi connectivity index (χ4n) is 2.67. The third-order valence-corrected chi connectivity index (χ3v) is 5.12. The van der Waals surface area contributed by atoms with Gasteiger partial charge < -0.3 is 5.32 Å². The number of hydrogen-bond donors (Lipinski definition) is 1. The van der Waals surface area contributed by atoms with Crippen LogP contribution in [0.5, 0.6) is 0 Å². The van der Waals surface area contributed by atoms with Gasteiger partial charge in [-0.15, -0.1) is 0 Å². The number of nitrogens with one attached hydrogen (secondary N) is 1. The van der Waals surface area contributed by atoms with E-state index >= 15 is 0 Å². The molecule has 1 aliphatic heterocycles. The van der Waals surface area contributed by atoms with Crippen LogP contribution in [0.4, 0.5) is 0 Å². The zero-order chi connectivity index (χ0) is 13.5. The molecule has 1 aliphatic rings. The maximum atomic E-state index is 3.71. The van der Waals surface area contributed by atoms with Gasteiger partial charge in [-0.25, -0.2) is 0 Å². The third kappa shape index (κ3) is 4.85. The molecule has 0 bridgehead atoms. The van der Waals surface area contributed by atoms with E-state index in [4.69, 9.17) is 0 Å². The summed E-state index contributed by atoms with van der Waals surface area (Å²) in [7, 11) is 0. The summed E-state index contributed by atoms with van der Waals surface area (Å²) in [6.07, 6.45) is 5.20. The maximum absolute atomic E-state index is 3.71. The van der Waals surface area contributed by atoms with E-state index in [1.807, 2.05) is 0 Å². The van der Waals surface area contributed by atoms with Crippen molar-refractivity contribution in [1.29, 1.82) is 0 Å². The van der Waals surface area contributed by atoms with Crippen molar-refractivity contribution in [1.82, 2.24) is 5.32 Å². The molecule has 2 rings (SSSR count). The predicted octanol–water partition coefficient (Wildman–Crippen LogP) is 4.43. The lowest BCUT2D eigenvalue weighted by Crippen LogP contribution is -2.28. The minimum atomic E-state index is 0.477. The Balaban J connectivity index is 1.79. The molecule has 1 saturated heterocycles. The van der Waals surface area contributed by atoms with Crippen molar-refractivity contribution in [2.24, 2.45) is 5.92 Å². The average Bonchev–Trinajstić information content (AvgIpc) is 2.47. The quantitative estimate of drug-likeness (QED) is 0.825. The van der Waals surface area contributed by atoms with Crippen LogP contribution in [0.25, 0.3) is 0 Å². The molecule has 1 unspecified atom stereocenters. The van der Waals surface area contributed by atoms with Gasteiger partial charge in [0.1, 0.15) is 0 Å². The largest absolute Gasteiger partial charge is 0.310 e. The molecule has 1 aromatic carbocycles. The van der Waals surface area contributed by atoms with Crippen LogP contribution < -0.4 is 5.32 Å². The molecule has 1 nitrogen and oxygen atoms in total. The lowest BCUT2D eigenvalue weighted by atomic mass is 10.0. The Morgan fingerprint density at radius 1 is 1.21 bits per heavy atom. The summed E-state index contributed by atoms with van der Waals surface area (Å²) in [6.45, 7) is 5.70. The van der Waals surface area contributed by atoms with Crippen LogP contribution in [0.3, 0.4) is 0 Å². The van der Waals surface area contributed by atoms with Gasteiger partial charge in [0.05, 0.1) is 0 Å². The normalized spacial score (nSPS) is 18.4. The van der Waals surface area contributed by atoms with E-state index in [9.17, 15) is 0 Å². The summed E-state index contributed by atoms with van der Waals surface area (Å²) in [6, 6.07) is 9.63. The zero-order valence-corrected chi connectivity index (χ0v) is 13.1. The monoisotopic (exact) mass is 277 g/mol. The molecule has 2 heteroatoms. The first-order valence-electron chi connectivity index (χ1n) is 7.69. The molecule has 0 aromatic heterocycles. The Kier molecular flexibility index (Phi) is 6.25. The van der Waals surface area contributed by atoms with E-state index in [1.165, 1.54) is 54.9 Å². The van der Waals surface area contributed by atoms with Gasteiger partial charge in [-0.05, 0) is 61.3 Å². The number of benzene rings is 1. The highest BCUT2D eigenvalue weighted by Crippen LogP contribution is 2.23. The molecule has 0 saturated carbocycles. The van der Waals surface area contributed by atoms with Crippen molar-refractivity contribution in [3.63, 3.8) is 0 Å². The Morgan fingerprint density at radius 3 is 2.53 bits per heavy atom. The average molecular weight is 277 g/mol. The molecule has 1 heterocycles. The number of hydrogen-bond acceptors (Lipinski definition) is 2. The Hall–Kier alpha value is -0.470. The Bertz CT molecular complexity index is 354. The fraction of sp³-hybridized carbons (Fsp3) is 0.647. The minimum Gasteiger partial charge on any atom is -0.310 e. The molecular weight excluding hydrogens is 250 g/mol. The smallest absolute Gasteiger partial charge is 0.0291 e. The van der Waals surface area contributed by atoms with Crippen molar-refractivity contribution < 1.29 is 0 Å². The van der Waals surface area contributed by atoms with Crippen LogP contribution in [-0.2, 0) is 6.42 Å². The summed E-state index contributed by atoms with van der Waals surface area (Å²) in [5.41, 5.74) is 2.88. The Labute approximate surface area is 122 Å². The van der Waals surface area contributed by atoms with E-state index in [2.05, 4.69) is 55.2 Å². The van der Waals surface area contributed by atoms with Crippen molar-refractivity contribution in [3.8, 4) is 0 Å². The predicted molar refractivity (Wildman–Crippen MR) is 86.9 cm³/mol. The molecule has 0 amide bonds. The molecule has 0 spiro atoms. The second kappa shape index (κ2) is 7.96. The van der Waals surface area contributed by atoms with Gasteiger partial charge in [0, 0.05) is 6.04 Å². The summed E-state index contributed by atoms with van der Waals surface area (Å²) in [4.78, 5) is 0. The zero-order valence-electron chi connectivity index (χ0n) is 12.3. The molecular formula is C17H27NS. The van der Waals surface area contributed by atoms with Crippen LogP contribution in [0.2, 0.25) is 0 Å². The molecule has 1 fully saturated rings. The van der Waals surface area contributed by atoms with E-state index in [1.54, 1.807) is 0 Å². The molecule has 1 N–H and O–H groups in total. The number of aryl methyl sites for hydroxylation is 1. The highest BCUT2D eigenvalue weighted by Gasteiger charge is 2.14. The minimum absolute atomic E-state index is 0.477. The second-order valence-corrected chi connectivity index (χ2v) is 6.90. The molecule has 19 heavy (non-hydrogen) atoms. The maximum Gasteiger partial charge on any atom is 0.0291 e. The first-order chi connectivity index (χ1) is 9.29. The summed E-state index contributed by atoms with van der Waals surface area (Å²) >= 11 is 2.11. The van der Waals surface area contributed by atoms with Gasteiger partial charge >= 0.3 is 0 Å². The van der Waals surface area contributed by atoms with Crippen molar-refractivity contribution in [3.05, 3.63) is 35.4 Å². The number of rotatable bonds is 6. The van der Waals surface area contributed by atoms with Gasteiger partial charge in [0.2, 0.25) is 0 Å². The summed E-state index contributed by atoms with van der Waals surface area (Å²) in [5, 5.41) is 3.71. The third-order valence-electron chi connectivity index (χ3n) is 4.07. The van der Waals surface area contributed by atoms with E-state index in [0.717, 1.165) is 5.92 Å². The fourth-order valence-corrected chi connectivity index (χ4v) is 3.88. The van der Waals surface area contributed by atoms with Crippen LogP contribution in [0.15, 0.2) is 24.3 Å². The first-order valence-corrected chi connectivity index (χ1v) is 8.85. The van der Waals surface area contributed by atoms with Gasteiger partial charge in [-0.1, -0.05) is 37.6 Å². The van der Waals surface area contributed by atoms with Crippen LogP contribution in [-0.4, -0.2) is 18.1 Å². The molecule has 1 aromatic rings. The van der Waals surface area contributed by atoms with E-state index in [-0.39, 0.29) is 0 Å². The first kappa shape index (κ1) is 14.9. The van der Waals surface area contributed by atoms with Crippen LogP contribution in [0, 0.1) is 5.92 Å². The summed E-state index contributed by atoms with van der Waals surface area (Å²) < 4.78 is 0. The van der Waals surface area contributed by atoms with Crippen LogP contribution >= 0.6 is 11.8 Å². The lowest BCUT2D eigenvalue weighted by molar-refractivity contribution is 0.421. The standard InChI is InChI=1S/C17H27NS/c1-3-4-15-5-7-17(8-6-15)14(2)18-13-16-9-11-19-12-10-16/h5-8,14,16,18H,3-4,9-13H2,1-2H3. The summed E-state index contributed by atoms with van der Waals surface area (Å²) in [5.74, 6) is 3.60. The van der Waals surface area contributed by atoms with Crippen molar-refractivity contribution in [2.45, 2.75) is 45.6 Å². The van der Waals surface area contributed by atoms with E-state index < -0.39 is 0 Å². The number of thioether (sulfide) groups is 1. The highest BCUT2D eigenvalue weighted by atomic mass is 32.2. The topological polar surface area (TPSA) is 12.0 Å². The molecule has 106 valence electrons. The van der Waals surface area contributed by atoms with Gasteiger partial charge in [-0.3, -0.25) is 0 Å². The molecule has 0 aliphatic carbocycles. The lowest BCUT2D eigenvalue weighted by Gasteiger charge is -2.24.